The third-order valence-corrected chi connectivity index (χ3v) is 3.26. The van der Waals surface area contributed by atoms with Crippen LogP contribution in [-0.2, 0) is 0 Å². The summed E-state index contributed by atoms with van der Waals surface area (Å²) in [7, 11) is 0. The SMILES string of the molecule is FC(F)(F)[C@@H](c1ccccc1)[C@H]1CCCCN1. The molecule has 1 aromatic rings. The van der Waals surface area contributed by atoms with Gasteiger partial charge in [0.25, 0.3) is 0 Å². The molecule has 0 saturated carbocycles. The monoisotopic (exact) mass is 243 g/mol. The molecule has 0 aromatic heterocycles. The average molecular weight is 243 g/mol. The molecule has 1 heterocycles. The topological polar surface area (TPSA) is 12.0 Å². The lowest BCUT2D eigenvalue weighted by molar-refractivity contribution is -0.158. The number of halogens is 3. The quantitative estimate of drug-likeness (QED) is 0.838. The number of alkyl halides is 3. The Morgan fingerprint density at radius 3 is 2.35 bits per heavy atom. The predicted octanol–water partition coefficient (Wildman–Crippen LogP) is 3.47. The van der Waals surface area contributed by atoms with E-state index in [1.807, 2.05) is 0 Å². The van der Waals surface area contributed by atoms with Crippen LogP contribution in [0.5, 0.6) is 0 Å². The molecule has 1 fully saturated rings. The number of benzene rings is 1. The van der Waals surface area contributed by atoms with Crippen molar-refractivity contribution in [1.82, 2.24) is 5.32 Å². The number of piperidine rings is 1. The van der Waals surface area contributed by atoms with Crippen LogP contribution in [0.3, 0.4) is 0 Å². The minimum atomic E-state index is -4.18. The van der Waals surface area contributed by atoms with Crippen LogP contribution in [0.4, 0.5) is 13.2 Å². The highest BCUT2D eigenvalue weighted by Gasteiger charge is 2.45. The fourth-order valence-corrected chi connectivity index (χ4v) is 2.47. The second kappa shape index (κ2) is 5.08. The van der Waals surface area contributed by atoms with E-state index in [-0.39, 0.29) is 0 Å². The molecule has 0 amide bonds. The van der Waals surface area contributed by atoms with Gasteiger partial charge in [-0.3, -0.25) is 0 Å². The largest absolute Gasteiger partial charge is 0.397 e. The van der Waals surface area contributed by atoms with Crippen molar-refractivity contribution in [1.29, 1.82) is 0 Å². The molecule has 1 N–H and O–H groups in total. The minimum Gasteiger partial charge on any atom is -0.313 e. The van der Waals surface area contributed by atoms with Crippen LogP contribution in [-0.4, -0.2) is 18.8 Å². The van der Waals surface area contributed by atoms with Crippen LogP contribution in [0.15, 0.2) is 30.3 Å². The van der Waals surface area contributed by atoms with E-state index in [0.717, 1.165) is 12.8 Å². The lowest BCUT2D eigenvalue weighted by Crippen LogP contribution is -2.44. The zero-order valence-electron chi connectivity index (χ0n) is 9.50. The molecule has 2 atom stereocenters. The summed E-state index contributed by atoms with van der Waals surface area (Å²) < 4.78 is 39.5. The van der Waals surface area contributed by atoms with Crippen LogP contribution in [0.25, 0.3) is 0 Å². The van der Waals surface area contributed by atoms with Crippen LogP contribution < -0.4 is 5.32 Å². The van der Waals surface area contributed by atoms with Crippen molar-refractivity contribution in [3.8, 4) is 0 Å². The van der Waals surface area contributed by atoms with Gasteiger partial charge in [0, 0.05) is 6.04 Å². The van der Waals surface area contributed by atoms with Crippen molar-refractivity contribution in [3.05, 3.63) is 35.9 Å². The highest BCUT2D eigenvalue weighted by Crippen LogP contribution is 2.39. The Morgan fingerprint density at radius 1 is 1.12 bits per heavy atom. The molecular formula is C13H16F3N. The van der Waals surface area contributed by atoms with Gasteiger partial charge in [0.1, 0.15) is 0 Å². The summed E-state index contributed by atoms with van der Waals surface area (Å²) in [6, 6.07) is 7.72. The van der Waals surface area contributed by atoms with Crippen molar-refractivity contribution in [2.24, 2.45) is 0 Å². The zero-order chi connectivity index (χ0) is 12.3. The molecule has 0 unspecified atom stereocenters. The summed E-state index contributed by atoms with van der Waals surface area (Å²) in [4.78, 5) is 0. The number of hydrogen-bond donors (Lipinski definition) is 1. The third kappa shape index (κ3) is 3.00. The molecule has 2 rings (SSSR count). The van der Waals surface area contributed by atoms with Crippen LogP contribution in [0.1, 0.15) is 30.7 Å². The normalized spacial score (nSPS) is 23.4. The first-order valence-corrected chi connectivity index (χ1v) is 5.94. The van der Waals surface area contributed by atoms with Crippen LogP contribution in [0, 0.1) is 0 Å². The Balaban J connectivity index is 2.25. The van der Waals surface area contributed by atoms with Crippen molar-refractivity contribution in [2.45, 2.75) is 37.4 Å². The zero-order valence-corrected chi connectivity index (χ0v) is 9.50. The number of hydrogen-bond acceptors (Lipinski definition) is 1. The third-order valence-electron chi connectivity index (χ3n) is 3.26. The van der Waals surface area contributed by atoms with Gasteiger partial charge < -0.3 is 5.32 Å². The maximum absolute atomic E-state index is 13.2. The predicted molar refractivity (Wildman–Crippen MR) is 60.9 cm³/mol. The van der Waals surface area contributed by atoms with Crippen molar-refractivity contribution in [3.63, 3.8) is 0 Å². The van der Waals surface area contributed by atoms with Gasteiger partial charge in [-0.25, -0.2) is 0 Å². The Morgan fingerprint density at radius 2 is 1.82 bits per heavy atom. The lowest BCUT2D eigenvalue weighted by atomic mass is 9.86. The summed E-state index contributed by atoms with van der Waals surface area (Å²) in [5.41, 5.74) is 0.361. The molecule has 1 saturated heterocycles. The van der Waals surface area contributed by atoms with Gasteiger partial charge in [-0.15, -0.1) is 0 Å². The van der Waals surface area contributed by atoms with Crippen molar-refractivity contribution >= 4 is 0 Å². The van der Waals surface area contributed by atoms with Gasteiger partial charge in [0.2, 0.25) is 0 Å². The van der Waals surface area contributed by atoms with E-state index < -0.39 is 18.1 Å². The van der Waals surface area contributed by atoms with Gasteiger partial charge in [-0.05, 0) is 24.9 Å². The second-order valence-corrected chi connectivity index (χ2v) is 4.49. The first-order chi connectivity index (χ1) is 8.09. The lowest BCUT2D eigenvalue weighted by Gasteiger charge is -2.33. The van der Waals surface area contributed by atoms with E-state index in [1.54, 1.807) is 30.3 Å². The van der Waals surface area contributed by atoms with Gasteiger partial charge in [0.15, 0.2) is 0 Å². The molecular weight excluding hydrogens is 227 g/mol. The molecule has 0 radical (unpaired) electrons. The summed E-state index contributed by atoms with van der Waals surface area (Å²) in [6.45, 7) is 0.685. The molecule has 4 heteroatoms. The van der Waals surface area contributed by atoms with E-state index in [0.29, 0.717) is 18.5 Å². The minimum absolute atomic E-state index is 0.361. The van der Waals surface area contributed by atoms with Crippen molar-refractivity contribution in [2.75, 3.05) is 6.54 Å². The molecule has 0 spiro atoms. The molecule has 0 aliphatic carbocycles. The van der Waals surface area contributed by atoms with Crippen LogP contribution >= 0.6 is 0 Å². The van der Waals surface area contributed by atoms with E-state index in [4.69, 9.17) is 0 Å². The van der Waals surface area contributed by atoms with E-state index in [9.17, 15) is 13.2 Å². The van der Waals surface area contributed by atoms with E-state index in [2.05, 4.69) is 5.32 Å². The van der Waals surface area contributed by atoms with Gasteiger partial charge in [-0.2, -0.15) is 13.2 Å². The summed E-state index contributed by atoms with van der Waals surface area (Å²) in [6.07, 6.45) is -1.75. The molecule has 1 aliphatic rings. The molecule has 17 heavy (non-hydrogen) atoms. The Labute approximate surface area is 99.0 Å². The smallest absolute Gasteiger partial charge is 0.313 e. The van der Waals surface area contributed by atoms with Gasteiger partial charge in [0.05, 0.1) is 5.92 Å². The van der Waals surface area contributed by atoms with E-state index in [1.165, 1.54) is 0 Å². The van der Waals surface area contributed by atoms with Crippen LogP contribution in [0.2, 0.25) is 0 Å². The van der Waals surface area contributed by atoms with Gasteiger partial charge >= 0.3 is 6.18 Å². The number of nitrogens with one attached hydrogen (secondary N) is 1. The van der Waals surface area contributed by atoms with E-state index >= 15 is 0 Å². The molecule has 0 bridgehead atoms. The second-order valence-electron chi connectivity index (χ2n) is 4.49. The first-order valence-electron chi connectivity index (χ1n) is 5.94. The summed E-state index contributed by atoms with van der Waals surface area (Å²) in [5, 5.41) is 3.00. The summed E-state index contributed by atoms with van der Waals surface area (Å²) in [5.74, 6) is -1.39. The molecule has 1 nitrogen and oxygen atoms in total. The Bertz CT molecular complexity index is 341. The molecule has 1 aliphatic heterocycles. The Hall–Kier alpha value is -1.03. The van der Waals surface area contributed by atoms with Crippen molar-refractivity contribution < 1.29 is 13.2 Å². The molecule has 1 aromatic carbocycles. The maximum Gasteiger partial charge on any atom is 0.397 e. The summed E-state index contributed by atoms with van der Waals surface area (Å²) >= 11 is 0. The standard InChI is InChI=1S/C13H16F3N/c14-13(15,16)12(10-6-2-1-3-7-10)11-8-4-5-9-17-11/h1-3,6-7,11-12,17H,4-5,8-9H2/t11-,12+/m1/s1. The fraction of sp³-hybridized carbons (Fsp3) is 0.538. The fourth-order valence-electron chi connectivity index (χ4n) is 2.47. The number of rotatable bonds is 2. The highest BCUT2D eigenvalue weighted by molar-refractivity contribution is 5.23. The first kappa shape index (κ1) is 12.4. The average Bonchev–Trinajstić information content (AvgIpc) is 2.30. The Kier molecular flexibility index (Phi) is 3.72. The van der Waals surface area contributed by atoms with Gasteiger partial charge in [-0.1, -0.05) is 36.8 Å². The molecule has 94 valence electrons. The highest BCUT2D eigenvalue weighted by atomic mass is 19.4. The maximum atomic E-state index is 13.2.